The SMILES string of the molecule is C#CCCC1(CCNC(=O)[C@H]2CC[C@@H]([C@@H]3CSC(c4ccccc4O)=N3)N2C)N=N1. The molecule has 0 radical (unpaired) electrons. The number of aliphatic imine (C=N–C) groups is 1. The monoisotopic (exact) mass is 425 g/mol. The molecule has 0 aromatic heterocycles. The molecular formula is C22H27N5O2S. The summed E-state index contributed by atoms with van der Waals surface area (Å²) < 4.78 is 0. The summed E-state index contributed by atoms with van der Waals surface area (Å²) in [4.78, 5) is 19.8. The Balaban J connectivity index is 1.30. The summed E-state index contributed by atoms with van der Waals surface area (Å²) in [6.07, 6.45) is 9.19. The van der Waals surface area contributed by atoms with Gasteiger partial charge >= 0.3 is 0 Å². The number of rotatable bonds is 8. The Bertz CT molecular complexity index is 903. The predicted molar refractivity (Wildman–Crippen MR) is 119 cm³/mol. The van der Waals surface area contributed by atoms with Crippen LogP contribution in [0.5, 0.6) is 5.75 Å². The normalized spacial score (nSPS) is 26.9. The van der Waals surface area contributed by atoms with Crippen LogP contribution in [0.1, 0.15) is 37.7 Å². The minimum atomic E-state index is -0.362. The van der Waals surface area contributed by atoms with E-state index in [-0.39, 0.29) is 35.4 Å². The predicted octanol–water partition coefficient (Wildman–Crippen LogP) is 2.80. The Hall–Kier alpha value is -2.37. The largest absolute Gasteiger partial charge is 0.507 e. The fourth-order valence-corrected chi connectivity index (χ4v) is 5.47. The maximum Gasteiger partial charge on any atom is 0.237 e. The first-order valence-corrected chi connectivity index (χ1v) is 11.4. The highest BCUT2D eigenvalue weighted by Crippen LogP contribution is 2.37. The topological polar surface area (TPSA) is 89.6 Å². The summed E-state index contributed by atoms with van der Waals surface area (Å²) >= 11 is 1.67. The second kappa shape index (κ2) is 8.78. The van der Waals surface area contributed by atoms with Crippen LogP contribution in [0.3, 0.4) is 0 Å². The number of nitrogens with zero attached hydrogens (tertiary/aromatic N) is 4. The molecule has 3 aliphatic heterocycles. The van der Waals surface area contributed by atoms with E-state index < -0.39 is 0 Å². The van der Waals surface area contributed by atoms with Crippen molar-refractivity contribution in [2.45, 2.75) is 55.9 Å². The highest BCUT2D eigenvalue weighted by molar-refractivity contribution is 8.14. The van der Waals surface area contributed by atoms with E-state index in [0.29, 0.717) is 19.4 Å². The van der Waals surface area contributed by atoms with Gasteiger partial charge in [0.05, 0.1) is 12.1 Å². The van der Waals surface area contributed by atoms with Gasteiger partial charge in [0.15, 0.2) is 5.66 Å². The lowest BCUT2D eigenvalue weighted by molar-refractivity contribution is -0.125. The van der Waals surface area contributed by atoms with Gasteiger partial charge in [-0.3, -0.25) is 14.7 Å². The third-order valence-electron chi connectivity index (χ3n) is 6.18. The van der Waals surface area contributed by atoms with E-state index in [4.69, 9.17) is 11.4 Å². The zero-order valence-corrected chi connectivity index (χ0v) is 17.9. The molecule has 7 nitrogen and oxygen atoms in total. The van der Waals surface area contributed by atoms with Gasteiger partial charge in [-0.25, -0.2) is 0 Å². The van der Waals surface area contributed by atoms with Crippen LogP contribution in [-0.4, -0.2) is 64.1 Å². The van der Waals surface area contributed by atoms with Gasteiger partial charge in [0.25, 0.3) is 0 Å². The van der Waals surface area contributed by atoms with E-state index in [9.17, 15) is 9.90 Å². The zero-order valence-electron chi connectivity index (χ0n) is 17.1. The van der Waals surface area contributed by atoms with Crippen LogP contribution in [-0.2, 0) is 4.79 Å². The molecule has 3 heterocycles. The number of carbonyl (C=O) groups excluding carboxylic acids is 1. The van der Waals surface area contributed by atoms with Crippen molar-refractivity contribution in [1.82, 2.24) is 10.2 Å². The average Bonchev–Trinajstić information content (AvgIpc) is 3.15. The minimum absolute atomic E-state index is 0.0586. The van der Waals surface area contributed by atoms with Crippen molar-refractivity contribution in [2.75, 3.05) is 19.3 Å². The first-order chi connectivity index (χ1) is 14.5. The number of thioether (sulfide) groups is 1. The highest BCUT2D eigenvalue weighted by atomic mass is 32.2. The summed E-state index contributed by atoms with van der Waals surface area (Å²) in [5.41, 5.74) is 0.425. The molecule has 1 saturated heterocycles. The lowest BCUT2D eigenvalue weighted by Crippen LogP contribution is -2.47. The number of likely N-dealkylation sites (tertiary alicyclic amines) is 1. The molecular weight excluding hydrogens is 398 g/mol. The standard InChI is InChI=1S/C22H27N5O2S/c1-3-4-11-22(25-26-22)12-13-23-20(29)18-10-9-17(27(18)2)16-14-30-21(24-16)15-7-5-6-8-19(15)28/h1,5-8,16-18,28H,4,9-14H2,2H3,(H,23,29)/t16-,17-,18+/m0/s1. The first kappa shape index (κ1) is 20.9. The van der Waals surface area contributed by atoms with Crippen LogP contribution in [0.4, 0.5) is 0 Å². The van der Waals surface area contributed by atoms with Crippen molar-refractivity contribution in [1.29, 1.82) is 0 Å². The minimum Gasteiger partial charge on any atom is -0.507 e. The van der Waals surface area contributed by atoms with E-state index in [0.717, 1.165) is 35.6 Å². The molecule has 30 heavy (non-hydrogen) atoms. The van der Waals surface area contributed by atoms with Gasteiger partial charge in [-0.1, -0.05) is 12.1 Å². The molecule has 1 aromatic rings. The number of aromatic hydroxyl groups is 1. The van der Waals surface area contributed by atoms with Crippen LogP contribution in [0.25, 0.3) is 0 Å². The third kappa shape index (κ3) is 4.37. The number of amides is 1. The van der Waals surface area contributed by atoms with Crippen molar-refractivity contribution in [3.05, 3.63) is 29.8 Å². The molecule has 1 aromatic carbocycles. The highest BCUT2D eigenvalue weighted by Gasteiger charge is 2.42. The van der Waals surface area contributed by atoms with E-state index in [1.807, 2.05) is 25.2 Å². The summed E-state index contributed by atoms with van der Waals surface area (Å²) in [6.45, 7) is 0.556. The van der Waals surface area contributed by atoms with Crippen molar-refractivity contribution < 1.29 is 9.90 Å². The average molecular weight is 426 g/mol. The van der Waals surface area contributed by atoms with Gasteiger partial charge in [-0.15, -0.1) is 24.1 Å². The number of likely N-dealkylation sites (N-methyl/N-ethyl adjacent to an activating group) is 1. The summed E-state index contributed by atoms with van der Waals surface area (Å²) in [6, 6.07) is 7.52. The number of benzene rings is 1. The van der Waals surface area contributed by atoms with Crippen LogP contribution >= 0.6 is 11.8 Å². The quantitative estimate of drug-likeness (QED) is 0.627. The molecule has 1 fully saturated rings. The Morgan fingerprint density at radius 3 is 2.90 bits per heavy atom. The van der Waals surface area contributed by atoms with E-state index >= 15 is 0 Å². The number of nitrogens with one attached hydrogen (secondary N) is 1. The van der Waals surface area contributed by atoms with Crippen LogP contribution in [0, 0.1) is 12.3 Å². The molecule has 2 N–H and O–H groups in total. The lowest BCUT2D eigenvalue weighted by Gasteiger charge is -2.27. The molecule has 0 saturated carbocycles. The number of hydrogen-bond acceptors (Lipinski definition) is 7. The summed E-state index contributed by atoms with van der Waals surface area (Å²) in [7, 11) is 2.01. The molecule has 0 spiro atoms. The van der Waals surface area contributed by atoms with Gasteiger partial charge in [0.2, 0.25) is 5.91 Å². The van der Waals surface area contributed by atoms with Crippen molar-refractivity contribution >= 4 is 22.7 Å². The smallest absolute Gasteiger partial charge is 0.237 e. The van der Waals surface area contributed by atoms with Gasteiger partial charge < -0.3 is 10.4 Å². The van der Waals surface area contributed by atoms with Crippen molar-refractivity contribution in [3.63, 3.8) is 0 Å². The molecule has 3 aliphatic rings. The molecule has 0 aliphatic carbocycles. The van der Waals surface area contributed by atoms with Crippen LogP contribution < -0.4 is 5.32 Å². The van der Waals surface area contributed by atoms with Crippen LogP contribution in [0.2, 0.25) is 0 Å². The van der Waals surface area contributed by atoms with E-state index in [2.05, 4.69) is 26.4 Å². The van der Waals surface area contributed by atoms with Gasteiger partial charge in [-0.2, -0.15) is 10.2 Å². The van der Waals surface area contributed by atoms with Crippen molar-refractivity contribution in [3.8, 4) is 18.1 Å². The lowest BCUT2D eigenvalue weighted by atomic mass is 10.0. The summed E-state index contributed by atoms with van der Waals surface area (Å²) in [5, 5.41) is 22.3. The van der Waals surface area contributed by atoms with Gasteiger partial charge in [0.1, 0.15) is 10.8 Å². The number of hydrogen-bond donors (Lipinski definition) is 2. The molecule has 0 unspecified atom stereocenters. The fraction of sp³-hybridized carbons (Fsp3) is 0.545. The molecule has 4 rings (SSSR count). The van der Waals surface area contributed by atoms with E-state index in [1.54, 1.807) is 17.8 Å². The molecule has 158 valence electrons. The number of carbonyl (C=O) groups is 1. The number of phenols is 1. The molecule has 3 atom stereocenters. The van der Waals surface area contributed by atoms with Gasteiger partial charge in [0, 0.05) is 43.2 Å². The number of para-hydroxylation sites is 1. The maximum atomic E-state index is 12.7. The molecule has 1 amide bonds. The van der Waals surface area contributed by atoms with E-state index in [1.165, 1.54) is 0 Å². The Labute approximate surface area is 181 Å². The third-order valence-corrected chi connectivity index (χ3v) is 7.29. The summed E-state index contributed by atoms with van der Waals surface area (Å²) in [5.74, 6) is 3.81. The first-order valence-electron chi connectivity index (χ1n) is 10.4. The molecule has 0 bridgehead atoms. The fourth-order valence-electron chi connectivity index (χ4n) is 4.31. The second-order valence-electron chi connectivity index (χ2n) is 8.08. The zero-order chi connectivity index (χ0) is 21.1. The Morgan fingerprint density at radius 1 is 1.37 bits per heavy atom. The molecule has 8 heteroatoms. The van der Waals surface area contributed by atoms with Crippen molar-refractivity contribution in [2.24, 2.45) is 15.2 Å². The Morgan fingerprint density at radius 2 is 2.17 bits per heavy atom. The van der Waals surface area contributed by atoms with Crippen LogP contribution in [0.15, 0.2) is 39.5 Å². The second-order valence-corrected chi connectivity index (χ2v) is 9.09. The van der Waals surface area contributed by atoms with Gasteiger partial charge in [-0.05, 0) is 32.0 Å². The maximum absolute atomic E-state index is 12.7. The number of phenolic OH excluding ortho intramolecular Hbond substituents is 1. The Kier molecular flexibility index (Phi) is 6.11. The number of terminal acetylenes is 1.